The van der Waals surface area contributed by atoms with Crippen molar-refractivity contribution < 1.29 is 9.84 Å². The number of piperazine rings is 1. The molecule has 1 aliphatic rings. The van der Waals surface area contributed by atoms with Gasteiger partial charge in [-0.15, -0.1) is 0 Å². The van der Waals surface area contributed by atoms with E-state index in [4.69, 9.17) is 21.3 Å². The monoisotopic (exact) mass is 554 g/mol. The average molecular weight is 555 g/mol. The van der Waals surface area contributed by atoms with Gasteiger partial charge in [-0.2, -0.15) is 5.10 Å². The third-order valence-electron chi connectivity index (χ3n) is 6.03. The summed E-state index contributed by atoms with van der Waals surface area (Å²) >= 11 is 6.60. The molecular weight excluding hydrogens is 516 g/mol. The number of ether oxygens (including phenoxy) is 1. The van der Waals surface area contributed by atoms with Crippen molar-refractivity contribution in [3.8, 4) is 5.75 Å². The quantitative estimate of drug-likeness (QED) is 0.209. The fourth-order valence-electron chi connectivity index (χ4n) is 4.19. The van der Waals surface area contributed by atoms with Crippen molar-refractivity contribution in [3.05, 3.63) is 58.6 Å². The summed E-state index contributed by atoms with van der Waals surface area (Å²) in [7, 11) is 0. The van der Waals surface area contributed by atoms with Gasteiger partial charge in [0, 0.05) is 61.5 Å². The van der Waals surface area contributed by atoms with Gasteiger partial charge in [0.05, 0.1) is 17.3 Å². The predicted molar refractivity (Wildman–Crippen MR) is 162 cm³/mol. The Labute approximate surface area is 235 Å². The number of benzene rings is 1. The Morgan fingerprint density at radius 2 is 2.03 bits per heavy atom. The molecule has 0 amide bonds. The molecule has 210 valence electrons. The van der Waals surface area contributed by atoms with E-state index in [9.17, 15) is 5.11 Å². The fourth-order valence-corrected chi connectivity index (χ4v) is 4.46. The Morgan fingerprint density at radius 3 is 2.72 bits per heavy atom. The van der Waals surface area contributed by atoms with Gasteiger partial charge in [-0.3, -0.25) is 10.00 Å². The van der Waals surface area contributed by atoms with Crippen LogP contribution in [0.4, 0.5) is 5.82 Å². The number of aromatic amines is 2. The van der Waals surface area contributed by atoms with Crippen molar-refractivity contribution in [3.63, 3.8) is 0 Å². The lowest BCUT2D eigenvalue weighted by Gasteiger charge is -2.35. The van der Waals surface area contributed by atoms with E-state index in [1.54, 1.807) is 0 Å². The minimum atomic E-state index is 0.0790. The van der Waals surface area contributed by atoms with Crippen molar-refractivity contribution in [2.45, 2.75) is 27.7 Å². The third kappa shape index (κ3) is 8.19. The largest absolute Gasteiger partial charge is 0.470 e. The Kier molecular flexibility index (Phi) is 11.6. The van der Waals surface area contributed by atoms with E-state index >= 15 is 0 Å². The van der Waals surface area contributed by atoms with E-state index in [0.717, 1.165) is 48.5 Å². The van der Waals surface area contributed by atoms with Crippen molar-refractivity contribution >= 4 is 47.0 Å². The number of aliphatic imine (C=N–C) groups is 2. The fraction of sp³-hybridized carbons (Fsp3) is 0.393. The standard InChI is InChI=1S/C26H33ClN8O2.C2H6/c1-4-5-19-15-24(33-32-19)31-23(28-3)16-25(35-10-8-34(9-11-35)12-13-36)29-17-37-22-7-6-21-20(26(22)27)14-18(2)30-21;1-2/h4-7,14-16,30,36H,3,8-13,17H2,1-2H3,(H2,31,32,33);1-2H3/b5-4+,23-16+,29-25+;. The molecule has 4 rings (SSSR count). The second-order valence-electron chi connectivity index (χ2n) is 8.65. The number of β-amino-alcohol motifs (C(OH)–C–C–N with tert-alkyl or cyclic N) is 1. The number of nitrogens with one attached hydrogen (secondary N) is 3. The first-order chi connectivity index (χ1) is 19.0. The molecule has 10 nitrogen and oxygen atoms in total. The highest BCUT2D eigenvalue weighted by Gasteiger charge is 2.19. The number of aromatic nitrogens is 3. The van der Waals surface area contributed by atoms with Gasteiger partial charge >= 0.3 is 0 Å². The molecule has 0 saturated carbocycles. The molecule has 1 aromatic carbocycles. The molecular formula is C28H39ClN8O2. The molecule has 0 radical (unpaired) electrons. The molecule has 0 bridgehead atoms. The molecule has 3 aromatic rings. The van der Waals surface area contributed by atoms with Crippen LogP contribution < -0.4 is 10.1 Å². The lowest BCUT2D eigenvalue weighted by atomic mass is 10.2. The number of aryl methyl sites for hydroxylation is 1. The molecule has 1 fully saturated rings. The van der Waals surface area contributed by atoms with Crippen LogP contribution in [0.5, 0.6) is 5.75 Å². The molecule has 11 heteroatoms. The number of nitrogens with zero attached hydrogens (tertiary/aromatic N) is 5. The second-order valence-corrected chi connectivity index (χ2v) is 9.03. The van der Waals surface area contributed by atoms with Crippen molar-refractivity contribution in [1.82, 2.24) is 25.0 Å². The van der Waals surface area contributed by atoms with Crippen LogP contribution in [0.25, 0.3) is 17.0 Å². The maximum atomic E-state index is 9.28. The molecule has 39 heavy (non-hydrogen) atoms. The predicted octanol–water partition coefficient (Wildman–Crippen LogP) is 4.91. The van der Waals surface area contributed by atoms with Gasteiger partial charge in [0.1, 0.15) is 17.4 Å². The summed E-state index contributed by atoms with van der Waals surface area (Å²) in [5.74, 6) is 2.41. The Balaban J connectivity index is 0.00000205. The lowest BCUT2D eigenvalue weighted by Crippen LogP contribution is -2.49. The highest BCUT2D eigenvalue weighted by molar-refractivity contribution is 6.37. The van der Waals surface area contributed by atoms with Crippen LogP contribution in [0.3, 0.4) is 0 Å². The van der Waals surface area contributed by atoms with Crippen molar-refractivity contribution in [1.29, 1.82) is 0 Å². The number of anilines is 1. The SMILES string of the molecule is C=N/C(=C\C(=N/COc1ccc2[nH]c(C)cc2c1Cl)N1CCN(CCO)CC1)Nc1cc(/C=C/C)[nH]n1.CC. The van der Waals surface area contributed by atoms with Crippen LogP contribution in [-0.4, -0.2) is 88.7 Å². The van der Waals surface area contributed by atoms with Gasteiger partial charge in [-0.25, -0.2) is 9.98 Å². The van der Waals surface area contributed by atoms with Gasteiger partial charge in [0.15, 0.2) is 12.5 Å². The minimum Gasteiger partial charge on any atom is -0.470 e. The number of hydrogen-bond acceptors (Lipinski definition) is 7. The molecule has 0 unspecified atom stereocenters. The number of H-pyrrole nitrogens is 2. The third-order valence-corrected chi connectivity index (χ3v) is 6.42. The Morgan fingerprint density at radius 1 is 1.26 bits per heavy atom. The number of halogens is 1. The highest BCUT2D eigenvalue weighted by Crippen LogP contribution is 2.33. The minimum absolute atomic E-state index is 0.0790. The van der Waals surface area contributed by atoms with E-state index < -0.39 is 0 Å². The van der Waals surface area contributed by atoms with E-state index in [0.29, 0.717) is 34.8 Å². The maximum Gasteiger partial charge on any atom is 0.181 e. The zero-order valence-electron chi connectivity index (χ0n) is 23.2. The summed E-state index contributed by atoms with van der Waals surface area (Å²) in [6.45, 7) is 15.7. The smallest absolute Gasteiger partial charge is 0.181 e. The van der Waals surface area contributed by atoms with Gasteiger partial charge in [-0.1, -0.05) is 31.5 Å². The number of fused-ring (bicyclic) bond motifs is 1. The summed E-state index contributed by atoms with van der Waals surface area (Å²) in [4.78, 5) is 16.6. The van der Waals surface area contributed by atoms with Crippen LogP contribution in [0, 0.1) is 6.92 Å². The van der Waals surface area contributed by atoms with E-state index in [1.807, 2.05) is 70.2 Å². The van der Waals surface area contributed by atoms with Crippen LogP contribution in [0.2, 0.25) is 5.02 Å². The van der Waals surface area contributed by atoms with Crippen LogP contribution >= 0.6 is 11.6 Å². The van der Waals surface area contributed by atoms with Gasteiger partial charge in [-0.05, 0) is 44.8 Å². The molecule has 1 aliphatic heterocycles. The van der Waals surface area contributed by atoms with Crippen LogP contribution in [-0.2, 0) is 0 Å². The number of hydrogen-bond donors (Lipinski definition) is 4. The number of rotatable bonds is 10. The second kappa shape index (κ2) is 15.1. The number of allylic oxidation sites excluding steroid dienone is 1. The zero-order valence-corrected chi connectivity index (χ0v) is 23.9. The van der Waals surface area contributed by atoms with Gasteiger partial charge < -0.3 is 25.0 Å². The molecule has 4 N–H and O–H groups in total. The van der Waals surface area contributed by atoms with Gasteiger partial charge in [0.2, 0.25) is 0 Å². The molecule has 0 aliphatic carbocycles. The first-order valence-electron chi connectivity index (χ1n) is 13.2. The zero-order chi connectivity index (χ0) is 28.2. The van der Waals surface area contributed by atoms with Gasteiger partial charge in [0.25, 0.3) is 0 Å². The molecule has 0 spiro atoms. The molecule has 2 aromatic heterocycles. The maximum absolute atomic E-state index is 9.28. The topological polar surface area (TPSA) is 117 Å². The Hall–Kier alpha value is -3.60. The van der Waals surface area contributed by atoms with E-state index in [1.165, 1.54) is 0 Å². The lowest BCUT2D eigenvalue weighted by molar-refractivity contribution is 0.147. The summed E-state index contributed by atoms with van der Waals surface area (Å²) in [5.41, 5.74) is 2.88. The number of aliphatic hydroxyl groups excluding tert-OH is 1. The normalized spacial score (nSPS) is 15.0. The Bertz CT molecular complexity index is 1300. The van der Waals surface area contributed by atoms with E-state index in [2.05, 4.69) is 42.0 Å². The summed E-state index contributed by atoms with van der Waals surface area (Å²) in [6.07, 6.45) is 5.70. The number of aliphatic hydroxyl groups is 1. The van der Waals surface area contributed by atoms with Crippen LogP contribution in [0.1, 0.15) is 32.2 Å². The molecule has 3 heterocycles. The highest BCUT2D eigenvalue weighted by atomic mass is 35.5. The van der Waals surface area contributed by atoms with E-state index in [-0.39, 0.29) is 13.3 Å². The molecule has 1 saturated heterocycles. The van der Waals surface area contributed by atoms with Crippen LogP contribution in [0.15, 0.2) is 52.2 Å². The first kappa shape index (κ1) is 29.9. The average Bonchev–Trinajstić information content (AvgIpc) is 3.56. The summed E-state index contributed by atoms with van der Waals surface area (Å²) in [5, 5.41) is 21.2. The summed E-state index contributed by atoms with van der Waals surface area (Å²) < 4.78 is 5.97. The number of amidine groups is 1. The molecule has 0 atom stereocenters. The van der Waals surface area contributed by atoms with Crippen molar-refractivity contribution in [2.24, 2.45) is 9.98 Å². The first-order valence-corrected chi connectivity index (χ1v) is 13.5. The van der Waals surface area contributed by atoms with Crippen molar-refractivity contribution in [2.75, 3.05) is 51.4 Å². The summed E-state index contributed by atoms with van der Waals surface area (Å²) in [6, 6.07) is 7.67.